The number of unbranched alkanes of at least 4 members (excludes halogenated alkanes) is 27. The van der Waals surface area contributed by atoms with Crippen LogP contribution in [0.4, 0.5) is 0 Å². The van der Waals surface area contributed by atoms with Crippen LogP contribution in [0.3, 0.4) is 0 Å². The summed E-state index contributed by atoms with van der Waals surface area (Å²) >= 11 is 0. The zero-order valence-corrected chi connectivity index (χ0v) is 38.5. The van der Waals surface area contributed by atoms with Crippen molar-refractivity contribution < 1.29 is 47.5 Å². The number of phosphoric ester groups is 1. The summed E-state index contributed by atoms with van der Waals surface area (Å²) in [7, 11) is -4.72. The Morgan fingerprint density at radius 1 is 0.508 bits per heavy atom. The van der Waals surface area contributed by atoms with Gasteiger partial charge in [0.05, 0.1) is 13.2 Å². The van der Waals surface area contributed by atoms with Crippen molar-refractivity contribution >= 4 is 25.7 Å². The molecule has 0 spiro atoms. The third-order valence-corrected chi connectivity index (χ3v) is 11.4. The van der Waals surface area contributed by atoms with Gasteiger partial charge in [-0.15, -0.1) is 0 Å². The normalized spacial score (nSPS) is 13.8. The van der Waals surface area contributed by atoms with Crippen LogP contribution in [0.1, 0.15) is 226 Å². The third kappa shape index (κ3) is 42.4. The third-order valence-electron chi connectivity index (χ3n) is 10.4. The summed E-state index contributed by atoms with van der Waals surface area (Å²) in [6.07, 6.45) is 45.2. The number of hydrogen-bond acceptors (Lipinski definition) is 9. The molecule has 0 aliphatic heterocycles. The predicted molar refractivity (Wildman–Crippen MR) is 240 cm³/mol. The first-order valence-electron chi connectivity index (χ1n) is 23.9. The van der Waals surface area contributed by atoms with E-state index in [9.17, 15) is 23.8 Å². The lowest BCUT2D eigenvalue weighted by Crippen LogP contribution is -2.34. The Hall–Kier alpha value is -2.04. The maximum atomic E-state index is 12.7. The van der Waals surface area contributed by atoms with Crippen molar-refractivity contribution in [2.24, 2.45) is 5.73 Å². The summed E-state index contributed by atoms with van der Waals surface area (Å²) in [5, 5.41) is 8.90. The minimum atomic E-state index is -4.72. The molecule has 0 rings (SSSR count). The van der Waals surface area contributed by atoms with Crippen molar-refractivity contribution in [1.29, 1.82) is 0 Å². The maximum absolute atomic E-state index is 12.7. The topological polar surface area (TPSA) is 172 Å². The number of ether oxygens (including phenoxy) is 2. The molecule has 0 aliphatic rings. The van der Waals surface area contributed by atoms with Gasteiger partial charge in [-0.2, -0.15) is 0 Å². The van der Waals surface area contributed by atoms with Crippen LogP contribution in [0.2, 0.25) is 0 Å². The van der Waals surface area contributed by atoms with E-state index in [-0.39, 0.29) is 19.4 Å². The Kier molecular flexibility index (Phi) is 41.2. The summed E-state index contributed by atoms with van der Waals surface area (Å²) in [5.41, 5.74) is 5.34. The van der Waals surface area contributed by atoms with E-state index in [2.05, 4.69) is 42.7 Å². The second kappa shape index (κ2) is 42.6. The molecule has 0 saturated carbocycles. The lowest BCUT2D eigenvalue weighted by atomic mass is 10.1. The highest BCUT2D eigenvalue weighted by molar-refractivity contribution is 7.47. The molecule has 0 heterocycles. The summed E-state index contributed by atoms with van der Waals surface area (Å²) < 4.78 is 32.8. The zero-order valence-electron chi connectivity index (χ0n) is 37.6. The van der Waals surface area contributed by atoms with E-state index in [1.54, 1.807) is 0 Å². The van der Waals surface area contributed by atoms with Gasteiger partial charge in [0, 0.05) is 12.8 Å². The quantitative estimate of drug-likeness (QED) is 0.0230. The molecule has 0 amide bonds. The molecule has 3 unspecified atom stereocenters. The molecule has 0 fully saturated rings. The molecule has 59 heavy (non-hydrogen) atoms. The van der Waals surface area contributed by atoms with Crippen LogP contribution in [0.5, 0.6) is 0 Å². The molecule has 0 saturated heterocycles. The summed E-state index contributed by atoms with van der Waals surface area (Å²) in [6.45, 7) is 2.82. The Morgan fingerprint density at radius 2 is 0.847 bits per heavy atom. The fourth-order valence-corrected chi connectivity index (χ4v) is 7.42. The van der Waals surface area contributed by atoms with Gasteiger partial charge in [0.25, 0.3) is 0 Å². The molecule has 0 aromatic heterocycles. The van der Waals surface area contributed by atoms with Gasteiger partial charge in [-0.1, -0.05) is 173 Å². The molecule has 0 bridgehead atoms. The zero-order chi connectivity index (χ0) is 43.5. The van der Waals surface area contributed by atoms with Crippen LogP contribution >= 0.6 is 7.82 Å². The Morgan fingerprint density at radius 3 is 1.24 bits per heavy atom. The number of carboxylic acids is 1. The number of esters is 2. The molecule has 346 valence electrons. The van der Waals surface area contributed by atoms with Crippen molar-refractivity contribution in [3.05, 3.63) is 24.3 Å². The number of nitrogens with two attached hydrogens (primary N) is 1. The van der Waals surface area contributed by atoms with Gasteiger partial charge < -0.3 is 25.2 Å². The monoisotopic (exact) mass is 858 g/mol. The number of allylic oxidation sites excluding steroid dienone is 4. The number of rotatable bonds is 45. The SMILES string of the molecule is CCCCCCCC/C=C\CCCCCCCCCC(=O)OCC(COP(=O)(O)OCC(N)C(=O)O)OC(=O)CCCCCCCCC/C=C\CCCCCCCCC. The molecular formula is C47H88NO10P. The van der Waals surface area contributed by atoms with Crippen molar-refractivity contribution in [3.8, 4) is 0 Å². The number of carbonyl (C=O) groups is 3. The molecule has 0 aromatic carbocycles. The highest BCUT2D eigenvalue weighted by Crippen LogP contribution is 2.43. The molecule has 11 nitrogen and oxygen atoms in total. The van der Waals surface area contributed by atoms with Gasteiger partial charge in [-0.3, -0.25) is 23.4 Å². The molecule has 12 heteroatoms. The van der Waals surface area contributed by atoms with Crippen LogP contribution in [-0.2, 0) is 37.5 Å². The van der Waals surface area contributed by atoms with E-state index < -0.39 is 51.1 Å². The van der Waals surface area contributed by atoms with Gasteiger partial charge in [0.1, 0.15) is 12.6 Å². The van der Waals surface area contributed by atoms with Crippen LogP contribution in [0, 0.1) is 0 Å². The highest BCUT2D eigenvalue weighted by atomic mass is 31.2. The van der Waals surface area contributed by atoms with E-state index in [0.29, 0.717) is 12.8 Å². The molecule has 3 atom stereocenters. The second-order valence-corrected chi connectivity index (χ2v) is 17.7. The first kappa shape index (κ1) is 57.0. The fraction of sp³-hybridized carbons (Fsp3) is 0.851. The van der Waals surface area contributed by atoms with Gasteiger partial charge >= 0.3 is 25.7 Å². The van der Waals surface area contributed by atoms with E-state index in [4.69, 9.17) is 24.8 Å². The number of aliphatic carboxylic acids is 1. The average Bonchev–Trinajstić information content (AvgIpc) is 3.21. The molecule has 4 N–H and O–H groups in total. The number of carboxylic acid groups (broad SMARTS) is 1. The van der Waals surface area contributed by atoms with Crippen molar-refractivity contribution in [2.45, 2.75) is 238 Å². The largest absolute Gasteiger partial charge is 0.480 e. The Labute approximate surface area is 360 Å². The van der Waals surface area contributed by atoms with Crippen molar-refractivity contribution in [2.75, 3.05) is 19.8 Å². The average molecular weight is 858 g/mol. The van der Waals surface area contributed by atoms with Gasteiger partial charge in [-0.25, -0.2) is 4.57 Å². The number of carbonyl (C=O) groups excluding carboxylic acids is 2. The molecule has 0 aliphatic carbocycles. The van der Waals surface area contributed by atoms with Crippen LogP contribution in [0.15, 0.2) is 24.3 Å². The highest BCUT2D eigenvalue weighted by Gasteiger charge is 2.28. The lowest BCUT2D eigenvalue weighted by molar-refractivity contribution is -0.161. The Bertz CT molecular complexity index is 1100. The van der Waals surface area contributed by atoms with E-state index in [0.717, 1.165) is 51.4 Å². The maximum Gasteiger partial charge on any atom is 0.472 e. The molecule has 0 aromatic rings. The Balaban J connectivity index is 4.30. The summed E-state index contributed by atoms with van der Waals surface area (Å²) in [5.74, 6) is -2.38. The van der Waals surface area contributed by atoms with Crippen molar-refractivity contribution in [3.63, 3.8) is 0 Å². The van der Waals surface area contributed by atoms with Crippen LogP contribution in [0.25, 0.3) is 0 Å². The standard InChI is InChI=1S/C47H88NO10P/c1-3-5-7-9-11-13-15-17-19-21-23-25-27-29-31-33-35-37-39-46(50)58-43(41-56-59(53,54)57-42-44(48)47(51)52)40-55-45(49)38-36-34-32-30-28-26-24-22-20-18-16-14-12-10-8-6-4-2/h18-21,43-44H,3-17,22-42,48H2,1-2H3,(H,51,52)(H,53,54)/b20-18-,21-19-. The minimum absolute atomic E-state index is 0.157. The number of phosphoric acid groups is 1. The van der Waals surface area contributed by atoms with Crippen molar-refractivity contribution in [1.82, 2.24) is 0 Å². The van der Waals surface area contributed by atoms with Gasteiger partial charge in [-0.05, 0) is 64.2 Å². The van der Waals surface area contributed by atoms with Gasteiger partial charge in [0.15, 0.2) is 6.10 Å². The first-order chi connectivity index (χ1) is 28.6. The van der Waals surface area contributed by atoms with Gasteiger partial charge in [0.2, 0.25) is 0 Å². The lowest BCUT2D eigenvalue weighted by Gasteiger charge is -2.20. The fourth-order valence-electron chi connectivity index (χ4n) is 6.64. The van der Waals surface area contributed by atoms with Crippen LogP contribution < -0.4 is 5.73 Å². The molecular weight excluding hydrogens is 769 g/mol. The van der Waals surface area contributed by atoms with E-state index in [1.165, 1.54) is 135 Å². The summed E-state index contributed by atoms with van der Waals surface area (Å²) in [6, 6.07) is -1.52. The minimum Gasteiger partial charge on any atom is -0.480 e. The smallest absolute Gasteiger partial charge is 0.472 e. The molecule has 0 radical (unpaired) electrons. The number of hydrogen-bond donors (Lipinski definition) is 3. The second-order valence-electron chi connectivity index (χ2n) is 16.2. The van der Waals surface area contributed by atoms with Crippen LogP contribution in [-0.4, -0.2) is 59.9 Å². The predicted octanol–water partition coefficient (Wildman–Crippen LogP) is 13.0. The summed E-state index contributed by atoms with van der Waals surface area (Å²) in [4.78, 5) is 46.1. The van der Waals surface area contributed by atoms with E-state index >= 15 is 0 Å². The first-order valence-corrected chi connectivity index (χ1v) is 25.4. The van der Waals surface area contributed by atoms with E-state index in [1.807, 2.05) is 0 Å².